The number of halogens is 2. The third kappa shape index (κ3) is 4.06. The number of nitrogens with one attached hydrogen (secondary N) is 1. The molecule has 0 aliphatic carbocycles. The Hall–Kier alpha value is -2.97. The molecule has 0 fully saturated rings. The molecule has 1 aromatic heterocycles. The van der Waals surface area contributed by atoms with Crippen LogP contribution in [0, 0.1) is 6.92 Å². The second-order valence-corrected chi connectivity index (χ2v) is 5.06. The number of aliphatic carboxylic acids is 1. The van der Waals surface area contributed by atoms with Gasteiger partial charge in [-0.05, 0) is 31.5 Å². The fourth-order valence-electron chi connectivity index (χ4n) is 1.91. The van der Waals surface area contributed by atoms with E-state index >= 15 is 0 Å². The van der Waals surface area contributed by atoms with Gasteiger partial charge in [0.15, 0.2) is 0 Å². The Bertz CT molecular complexity index is 761. The first kappa shape index (κ1) is 17.4. The number of anilines is 1. The first-order chi connectivity index (χ1) is 11.3. The van der Waals surface area contributed by atoms with Crippen LogP contribution in [0.3, 0.4) is 0 Å². The minimum atomic E-state index is -3.03. The molecule has 1 heterocycles. The number of nitrogens with zero attached hydrogens (tertiary/aromatic N) is 2. The molecule has 9 heteroatoms. The topological polar surface area (TPSA) is 93.5 Å². The third-order valence-electron chi connectivity index (χ3n) is 3.22. The van der Waals surface area contributed by atoms with Gasteiger partial charge in [0.1, 0.15) is 11.8 Å². The highest BCUT2D eigenvalue weighted by atomic mass is 19.3. The molecule has 1 unspecified atom stereocenters. The molecule has 0 aliphatic heterocycles. The van der Waals surface area contributed by atoms with Crippen LogP contribution in [-0.2, 0) is 4.79 Å². The van der Waals surface area contributed by atoms with Crippen LogP contribution < -0.4 is 10.1 Å². The van der Waals surface area contributed by atoms with Gasteiger partial charge >= 0.3 is 12.6 Å². The van der Waals surface area contributed by atoms with E-state index in [9.17, 15) is 18.4 Å². The van der Waals surface area contributed by atoms with E-state index in [1.165, 1.54) is 31.5 Å². The Morgan fingerprint density at radius 1 is 1.38 bits per heavy atom. The van der Waals surface area contributed by atoms with Crippen molar-refractivity contribution in [3.05, 3.63) is 41.7 Å². The highest BCUT2D eigenvalue weighted by Gasteiger charge is 2.18. The number of alkyl halides is 2. The number of rotatable bonds is 6. The quantitative estimate of drug-likeness (QED) is 0.844. The number of aryl methyl sites for hydroxylation is 1. The Balaban J connectivity index is 2.21. The van der Waals surface area contributed by atoms with E-state index in [2.05, 4.69) is 15.2 Å². The van der Waals surface area contributed by atoms with E-state index < -0.39 is 24.5 Å². The Labute approximate surface area is 135 Å². The monoisotopic (exact) mass is 339 g/mol. The molecule has 7 nitrogen and oxygen atoms in total. The van der Waals surface area contributed by atoms with Crippen LogP contribution in [0.15, 0.2) is 30.6 Å². The SMILES string of the molecule is Cc1ccc(OC(F)F)c(NC(=O)c2cnn(C(C)C(=O)O)c2)c1. The van der Waals surface area contributed by atoms with Crippen molar-refractivity contribution in [1.82, 2.24) is 9.78 Å². The maximum atomic E-state index is 12.4. The fraction of sp³-hybridized carbons (Fsp3) is 0.267. The number of benzene rings is 1. The van der Waals surface area contributed by atoms with E-state index in [4.69, 9.17) is 5.11 Å². The Kier molecular flexibility index (Phi) is 5.12. The lowest BCUT2D eigenvalue weighted by molar-refractivity contribution is -0.140. The number of carboxylic acids is 1. The molecule has 0 radical (unpaired) electrons. The minimum absolute atomic E-state index is 0.0827. The van der Waals surface area contributed by atoms with Crippen LogP contribution in [0.4, 0.5) is 14.5 Å². The van der Waals surface area contributed by atoms with Gasteiger partial charge in [-0.2, -0.15) is 13.9 Å². The van der Waals surface area contributed by atoms with Gasteiger partial charge < -0.3 is 15.2 Å². The Morgan fingerprint density at radius 2 is 2.08 bits per heavy atom. The van der Waals surface area contributed by atoms with Crippen molar-refractivity contribution in [1.29, 1.82) is 0 Å². The van der Waals surface area contributed by atoms with Crippen molar-refractivity contribution < 1.29 is 28.2 Å². The second-order valence-electron chi connectivity index (χ2n) is 5.06. The van der Waals surface area contributed by atoms with Crippen LogP contribution in [0.25, 0.3) is 0 Å². The lowest BCUT2D eigenvalue weighted by Gasteiger charge is -2.12. The van der Waals surface area contributed by atoms with Gasteiger partial charge in [-0.15, -0.1) is 0 Å². The van der Waals surface area contributed by atoms with E-state index in [0.29, 0.717) is 0 Å². The normalized spacial score (nSPS) is 12.0. The number of carbonyl (C=O) groups excluding carboxylic acids is 1. The predicted molar refractivity (Wildman–Crippen MR) is 80.3 cm³/mol. The lowest BCUT2D eigenvalue weighted by atomic mass is 10.2. The van der Waals surface area contributed by atoms with Gasteiger partial charge in [-0.25, -0.2) is 4.79 Å². The third-order valence-corrected chi connectivity index (χ3v) is 3.22. The number of hydrogen-bond acceptors (Lipinski definition) is 4. The molecule has 2 aromatic rings. The second kappa shape index (κ2) is 7.07. The van der Waals surface area contributed by atoms with Crippen LogP contribution in [0.5, 0.6) is 5.75 Å². The molecule has 128 valence electrons. The van der Waals surface area contributed by atoms with E-state index in [-0.39, 0.29) is 17.0 Å². The van der Waals surface area contributed by atoms with E-state index in [1.54, 1.807) is 13.0 Å². The van der Waals surface area contributed by atoms with Crippen molar-refractivity contribution in [2.75, 3.05) is 5.32 Å². The molecule has 0 spiro atoms. The molecule has 1 amide bonds. The zero-order valence-electron chi connectivity index (χ0n) is 12.9. The predicted octanol–water partition coefficient (Wildman–Crippen LogP) is 2.69. The van der Waals surface area contributed by atoms with Gasteiger partial charge in [-0.3, -0.25) is 9.48 Å². The van der Waals surface area contributed by atoms with E-state index in [1.807, 2.05) is 0 Å². The zero-order valence-corrected chi connectivity index (χ0v) is 12.9. The maximum absolute atomic E-state index is 12.4. The summed E-state index contributed by atoms with van der Waals surface area (Å²) in [6.45, 7) is 0.114. The maximum Gasteiger partial charge on any atom is 0.387 e. The lowest BCUT2D eigenvalue weighted by Crippen LogP contribution is -2.16. The number of ether oxygens (including phenoxy) is 1. The van der Waals surface area contributed by atoms with Crippen molar-refractivity contribution >= 4 is 17.6 Å². The van der Waals surface area contributed by atoms with Gasteiger partial charge in [0, 0.05) is 6.20 Å². The van der Waals surface area contributed by atoms with Crippen molar-refractivity contribution in [3.8, 4) is 5.75 Å². The molecule has 0 saturated carbocycles. The molecular weight excluding hydrogens is 324 g/mol. The highest BCUT2D eigenvalue weighted by Crippen LogP contribution is 2.27. The van der Waals surface area contributed by atoms with Gasteiger partial charge in [0.2, 0.25) is 0 Å². The summed E-state index contributed by atoms with van der Waals surface area (Å²) in [7, 11) is 0. The van der Waals surface area contributed by atoms with E-state index in [0.717, 1.165) is 10.2 Å². The first-order valence-corrected chi connectivity index (χ1v) is 6.91. The molecule has 0 bridgehead atoms. The van der Waals surface area contributed by atoms with Gasteiger partial charge in [-0.1, -0.05) is 6.07 Å². The average Bonchev–Trinajstić information content (AvgIpc) is 2.98. The van der Waals surface area contributed by atoms with Gasteiger partial charge in [0.05, 0.1) is 17.4 Å². The van der Waals surface area contributed by atoms with Gasteiger partial charge in [0.25, 0.3) is 5.91 Å². The number of hydrogen-bond donors (Lipinski definition) is 2. The summed E-state index contributed by atoms with van der Waals surface area (Å²) in [4.78, 5) is 23.1. The molecule has 24 heavy (non-hydrogen) atoms. The molecule has 2 rings (SSSR count). The smallest absolute Gasteiger partial charge is 0.387 e. The summed E-state index contributed by atoms with van der Waals surface area (Å²) in [5.74, 6) is -1.89. The summed E-state index contributed by atoms with van der Waals surface area (Å²) in [6.07, 6.45) is 2.45. The molecule has 1 atom stereocenters. The summed E-state index contributed by atoms with van der Waals surface area (Å²) >= 11 is 0. The number of amides is 1. The number of carbonyl (C=O) groups is 2. The van der Waals surface area contributed by atoms with Crippen LogP contribution in [0.2, 0.25) is 0 Å². The fourth-order valence-corrected chi connectivity index (χ4v) is 1.91. The molecule has 1 aromatic carbocycles. The van der Waals surface area contributed by atoms with Crippen LogP contribution >= 0.6 is 0 Å². The highest BCUT2D eigenvalue weighted by molar-refractivity contribution is 6.04. The standard InChI is InChI=1S/C15H15F2N3O4/c1-8-3-4-12(24-15(16)17)11(5-8)19-13(21)10-6-18-20(7-10)9(2)14(22)23/h3-7,9,15H,1-2H3,(H,19,21)(H,22,23). The average molecular weight is 339 g/mol. The number of carboxylic acid groups (broad SMARTS) is 1. The van der Waals surface area contributed by atoms with Crippen LogP contribution in [0.1, 0.15) is 28.9 Å². The molecule has 2 N–H and O–H groups in total. The summed E-state index contributed by atoms with van der Waals surface area (Å²) < 4.78 is 30.3. The summed E-state index contributed by atoms with van der Waals surface area (Å²) in [5, 5.41) is 15.2. The first-order valence-electron chi connectivity index (χ1n) is 6.91. The van der Waals surface area contributed by atoms with Crippen molar-refractivity contribution in [2.45, 2.75) is 26.5 Å². The largest absolute Gasteiger partial charge is 0.480 e. The van der Waals surface area contributed by atoms with Crippen molar-refractivity contribution in [3.63, 3.8) is 0 Å². The number of aromatic nitrogens is 2. The molecular formula is C15H15F2N3O4. The summed E-state index contributed by atoms with van der Waals surface area (Å²) in [5.41, 5.74) is 0.911. The van der Waals surface area contributed by atoms with Crippen molar-refractivity contribution in [2.24, 2.45) is 0 Å². The molecule has 0 saturated heterocycles. The minimum Gasteiger partial charge on any atom is -0.480 e. The summed E-state index contributed by atoms with van der Waals surface area (Å²) in [6, 6.07) is 3.44. The zero-order chi connectivity index (χ0) is 17.9. The molecule has 0 aliphatic rings. The van der Waals surface area contributed by atoms with Crippen LogP contribution in [-0.4, -0.2) is 33.4 Å². The Morgan fingerprint density at radius 3 is 2.71 bits per heavy atom.